The van der Waals surface area contributed by atoms with Gasteiger partial charge in [-0.05, 0) is 53.4 Å². The molecule has 0 radical (unpaired) electrons. The molecule has 1 N–H and O–H groups in total. The molecule has 4 aromatic rings. The third-order valence-electron chi connectivity index (χ3n) is 5.99. The molecule has 1 fully saturated rings. The van der Waals surface area contributed by atoms with Crippen LogP contribution in [-0.2, 0) is 6.54 Å². The predicted octanol–water partition coefficient (Wildman–Crippen LogP) is 4.87. The number of methoxy groups -OCH3 is 1. The Hall–Kier alpha value is -3.18. The van der Waals surface area contributed by atoms with E-state index in [0.717, 1.165) is 54.9 Å². The fourth-order valence-corrected chi connectivity index (χ4v) is 4.30. The van der Waals surface area contributed by atoms with Crippen molar-refractivity contribution >= 4 is 27.5 Å². The van der Waals surface area contributed by atoms with Gasteiger partial charge in [0, 0.05) is 31.1 Å². The quantitative estimate of drug-likeness (QED) is 0.520. The zero-order valence-corrected chi connectivity index (χ0v) is 17.2. The molecule has 0 aliphatic carbocycles. The van der Waals surface area contributed by atoms with Crippen LogP contribution in [-0.4, -0.2) is 41.1 Å². The first-order valence-corrected chi connectivity index (χ1v) is 10.5. The minimum atomic E-state index is 0.419. The molecule has 30 heavy (non-hydrogen) atoms. The third kappa shape index (κ3) is 3.94. The summed E-state index contributed by atoms with van der Waals surface area (Å²) in [5.41, 5.74) is 2.32. The normalized spacial score (nSPS) is 15.5. The monoisotopic (exact) mass is 398 g/mol. The van der Waals surface area contributed by atoms with E-state index in [1.54, 1.807) is 13.4 Å². The van der Waals surface area contributed by atoms with Gasteiger partial charge >= 0.3 is 0 Å². The highest BCUT2D eigenvalue weighted by Crippen LogP contribution is 2.26. The summed E-state index contributed by atoms with van der Waals surface area (Å²) in [6, 6.07) is 21.7. The minimum Gasteiger partial charge on any atom is -0.497 e. The first-order valence-electron chi connectivity index (χ1n) is 10.5. The molecule has 5 heteroatoms. The van der Waals surface area contributed by atoms with Crippen molar-refractivity contribution in [3.05, 3.63) is 72.6 Å². The molecule has 0 bridgehead atoms. The zero-order valence-electron chi connectivity index (χ0n) is 17.2. The number of fused-ring (bicyclic) bond motifs is 2. The molecular formula is C25H26N4O. The largest absolute Gasteiger partial charge is 0.497 e. The number of hydrogen-bond donors (Lipinski definition) is 1. The van der Waals surface area contributed by atoms with Crippen molar-refractivity contribution < 1.29 is 4.74 Å². The summed E-state index contributed by atoms with van der Waals surface area (Å²) in [7, 11) is 1.68. The molecule has 0 unspecified atom stereocenters. The first kappa shape index (κ1) is 18.8. The molecule has 1 aromatic heterocycles. The number of nitrogens with zero attached hydrogens (tertiary/aromatic N) is 3. The summed E-state index contributed by atoms with van der Waals surface area (Å²) in [4.78, 5) is 11.4. The van der Waals surface area contributed by atoms with Gasteiger partial charge in [-0.25, -0.2) is 9.97 Å². The fourth-order valence-electron chi connectivity index (χ4n) is 4.30. The van der Waals surface area contributed by atoms with E-state index in [0.29, 0.717) is 6.04 Å². The molecule has 0 saturated carbocycles. The topological polar surface area (TPSA) is 50.3 Å². The number of benzene rings is 3. The number of hydrogen-bond acceptors (Lipinski definition) is 5. The molecular weight excluding hydrogens is 372 g/mol. The van der Waals surface area contributed by atoms with Crippen LogP contribution in [0.15, 0.2) is 67.0 Å². The van der Waals surface area contributed by atoms with Gasteiger partial charge in [-0.15, -0.1) is 0 Å². The highest BCUT2D eigenvalue weighted by atomic mass is 16.5. The lowest BCUT2D eigenvalue weighted by atomic mass is 10.0. The van der Waals surface area contributed by atoms with Crippen LogP contribution < -0.4 is 10.1 Å². The Balaban J connectivity index is 1.23. The van der Waals surface area contributed by atoms with E-state index in [1.165, 1.54) is 16.3 Å². The van der Waals surface area contributed by atoms with Crippen LogP contribution in [0.25, 0.3) is 21.7 Å². The lowest BCUT2D eigenvalue weighted by Crippen LogP contribution is -2.38. The number of ether oxygens (including phenoxy) is 1. The van der Waals surface area contributed by atoms with E-state index >= 15 is 0 Å². The maximum Gasteiger partial charge on any atom is 0.137 e. The molecule has 0 amide bonds. The Morgan fingerprint density at radius 2 is 1.80 bits per heavy atom. The van der Waals surface area contributed by atoms with Gasteiger partial charge in [0.05, 0.1) is 12.6 Å². The van der Waals surface area contributed by atoms with Crippen LogP contribution in [0.3, 0.4) is 0 Å². The van der Waals surface area contributed by atoms with E-state index in [9.17, 15) is 0 Å². The lowest BCUT2D eigenvalue weighted by molar-refractivity contribution is 0.211. The number of aromatic nitrogens is 2. The number of likely N-dealkylation sites (tertiary alicyclic amines) is 1. The van der Waals surface area contributed by atoms with Gasteiger partial charge in [0.25, 0.3) is 0 Å². The molecule has 1 saturated heterocycles. The van der Waals surface area contributed by atoms with Crippen LogP contribution in [0, 0.1) is 0 Å². The van der Waals surface area contributed by atoms with Crippen molar-refractivity contribution in [3.63, 3.8) is 0 Å². The second-order valence-corrected chi connectivity index (χ2v) is 7.98. The second-order valence-electron chi connectivity index (χ2n) is 7.98. The molecule has 5 nitrogen and oxygen atoms in total. The average Bonchev–Trinajstić information content (AvgIpc) is 2.80. The van der Waals surface area contributed by atoms with Gasteiger partial charge in [0.1, 0.15) is 17.9 Å². The van der Waals surface area contributed by atoms with E-state index < -0.39 is 0 Å². The Bertz CT molecular complexity index is 1170. The number of anilines is 1. The van der Waals surface area contributed by atoms with Crippen molar-refractivity contribution in [2.45, 2.75) is 25.4 Å². The van der Waals surface area contributed by atoms with Gasteiger partial charge in [-0.2, -0.15) is 0 Å². The van der Waals surface area contributed by atoms with Crippen molar-refractivity contribution in [1.29, 1.82) is 0 Å². The summed E-state index contributed by atoms with van der Waals surface area (Å²) in [5, 5.41) is 7.28. The Morgan fingerprint density at radius 1 is 0.967 bits per heavy atom. The van der Waals surface area contributed by atoms with E-state index in [2.05, 4.69) is 62.6 Å². The van der Waals surface area contributed by atoms with Crippen LogP contribution in [0.1, 0.15) is 18.4 Å². The van der Waals surface area contributed by atoms with Gasteiger partial charge in [0.2, 0.25) is 0 Å². The summed E-state index contributed by atoms with van der Waals surface area (Å²) in [5.74, 6) is 1.72. The maximum absolute atomic E-state index is 5.37. The Labute approximate surface area is 176 Å². The SMILES string of the molecule is COc1ccc2ncnc(NC3CCN(Cc4ccc5ccccc5c4)CC3)c2c1. The molecule has 0 spiro atoms. The predicted molar refractivity (Wildman–Crippen MR) is 122 cm³/mol. The Kier molecular flexibility index (Phi) is 5.20. The van der Waals surface area contributed by atoms with Crippen molar-refractivity contribution in [1.82, 2.24) is 14.9 Å². The standard InChI is InChI=1S/C25H26N4O/c1-30-22-8-9-24-23(15-22)25(27-17-26-24)28-21-10-12-29(13-11-21)16-18-6-7-19-4-2-3-5-20(19)14-18/h2-9,14-15,17,21H,10-13,16H2,1H3,(H,26,27,28). The molecule has 152 valence electrons. The van der Waals surface area contributed by atoms with Gasteiger partial charge in [-0.3, -0.25) is 4.90 Å². The summed E-state index contributed by atoms with van der Waals surface area (Å²) in [6.07, 6.45) is 3.83. The Morgan fingerprint density at radius 3 is 2.63 bits per heavy atom. The molecule has 2 heterocycles. The summed E-state index contributed by atoms with van der Waals surface area (Å²) < 4.78 is 5.37. The van der Waals surface area contributed by atoms with Crippen LogP contribution in [0.4, 0.5) is 5.82 Å². The maximum atomic E-state index is 5.37. The zero-order chi connectivity index (χ0) is 20.3. The molecule has 5 rings (SSSR count). The van der Waals surface area contributed by atoms with Crippen LogP contribution >= 0.6 is 0 Å². The summed E-state index contributed by atoms with van der Waals surface area (Å²) >= 11 is 0. The van der Waals surface area contributed by atoms with Gasteiger partial charge in [-0.1, -0.05) is 36.4 Å². The highest BCUT2D eigenvalue weighted by Gasteiger charge is 2.20. The minimum absolute atomic E-state index is 0.419. The first-order chi connectivity index (χ1) is 14.8. The van der Waals surface area contributed by atoms with E-state index in [1.807, 2.05) is 18.2 Å². The third-order valence-corrected chi connectivity index (χ3v) is 5.99. The summed E-state index contributed by atoms with van der Waals surface area (Å²) in [6.45, 7) is 3.17. The molecule has 0 atom stereocenters. The smallest absolute Gasteiger partial charge is 0.137 e. The number of rotatable bonds is 5. The molecule has 1 aliphatic rings. The number of piperidine rings is 1. The highest BCUT2D eigenvalue weighted by molar-refractivity contribution is 5.90. The average molecular weight is 399 g/mol. The second kappa shape index (κ2) is 8.28. The van der Waals surface area contributed by atoms with Crippen LogP contribution in [0.2, 0.25) is 0 Å². The van der Waals surface area contributed by atoms with Crippen molar-refractivity contribution in [3.8, 4) is 5.75 Å². The van der Waals surface area contributed by atoms with Crippen molar-refractivity contribution in [2.24, 2.45) is 0 Å². The van der Waals surface area contributed by atoms with Crippen molar-refractivity contribution in [2.75, 3.05) is 25.5 Å². The van der Waals surface area contributed by atoms with Crippen LogP contribution in [0.5, 0.6) is 5.75 Å². The van der Waals surface area contributed by atoms with E-state index in [-0.39, 0.29) is 0 Å². The lowest BCUT2D eigenvalue weighted by Gasteiger charge is -2.32. The molecule has 1 aliphatic heterocycles. The van der Waals surface area contributed by atoms with Gasteiger partial charge < -0.3 is 10.1 Å². The van der Waals surface area contributed by atoms with E-state index in [4.69, 9.17) is 4.74 Å². The fraction of sp³-hybridized carbons (Fsp3) is 0.280. The molecule has 3 aromatic carbocycles. The number of nitrogens with one attached hydrogen (secondary N) is 1. The van der Waals surface area contributed by atoms with Gasteiger partial charge in [0.15, 0.2) is 0 Å².